The number of halogens is 1. The molecule has 0 saturated heterocycles. The Labute approximate surface area is 78.8 Å². The molecule has 0 fully saturated rings. The molecule has 0 aliphatic carbocycles. The molecule has 0 rings (SSSR count). The summed E-state index contributed by atoms with van der Waals surface area (Å²) in [7, 11) is 0. The molecule has 0 unspecified atom stereocenters. The van der Waals surface area contributed by atoms with Crippen molar-refractivity contribution in [3.8, 4) is 0 Å². The van der Waals surface area contributed by atoms with E-state index in [2.05, 4.69) is 11.6 Å². The van der Waals surface area contributed by atoms with Gasteiger partial charge in [-0.2, -0.15) is 0 Å². The Kier molecular flexibility index (Phi) is 4.04. The average Bonchev–Trinajstić information content (AvgIpc) is 1.97. The minimum atomic E-state index is -0.0255. The van der Waals surface area contributed by atoms with Crippen LogP contribution in [0.25, 0.3) is 0 Å². The van der Waals surface area contributed by atoms with E-state index >= 15 is 0 Å². The Morgan fingerprint density at radius 3 is 2.33 bits per heavy atom. The highest BCUT2D eigenvalue weighted by Crippen LogP contribution is 2.24. The van der Waals surface area contributed by atoms with Crippen LogP contribution in [0.2, 0.25) is 0 Å². The van der Waals surface area contributed by atoms with Crippen LogP contribution in [0.4, 0.5) is 0 Å². The van der Waals surface area contributed by atoms with Gasteiger partial charge in [0.2, 0.25) is 0 Å². The summed E-state index contributed by atoms with van der Waals surface area (Å²) in [6.07, 6.45) is 2.79. The van der Waals surface area contributed by atoms with E-state index in [-0.39, 0.29) is 5.41 Å². The predicted molar refractivity (Wildman–Crippen MR) is 55.2 cm³/mol. The zero-order valence-electron chi connectivity index (χ0n) is 7.76. The van der Waals surface area contributed by atoms with Crippen molar-refractivity contribution in [1.82, 2.24) is 0 Å². The summed E-state index contributed by atoms with van der Waals surface area (Å²) in [5.41, 5.74) is 5.91. The third-order valence-corrected chi connectivity index (χ3v) is 1.59. The minimum Gasteiger partial charge on any atom is -0.403 e. The molecule has 68 valence electrons. The largest absolute Gasteiger partial charge is 0.403 e. The van der Waals surface area contributed by atoms with Gasteiger partial charge in [-0.05, 0) is 0 Å². The van der Waals surface area contributed by atoms with Crippen LogP contribution >= 0.6 is 11.6 Å². The van der Waals surface area contributed by atoms with E-state index in [0.29, 0.717) is 5.03 Å². The normalized spacial score (nSPS) is 13.8. The third-order valence-electron chi connectivity index (χ3n) is 1.37. The molecule has 12 heavy (non-hydrogen) atoms. The van der Waals surface area contributed by atoms with Gasteiger partial charge in [0, 0.05) is 23.5 Å². The summed E-state index contributed by atoms with van der Waals surface area (Å²) in [6, 6.07) is 0. The predicted octanol–water partition coefficient (Wildman–Crippen LogP) is 2.66. The van der Waals surface area contributed by atoms with Crippen LogP contribution in [-0.4, -0.2) is 6.21 Å². The number of nitrogens with zero attached hydrogens (tertiary/aromatic N) is 1. The van der Waals surface area contributed by atoms with E-state index in [1.165, 1.54) is 12.4 Å². The molecule has 0 aliphatic heterocycles. The van der Waals surface area contributed by atoms with Crippen molar-refractivity contribution in [2.75, 3.05) is 0 Å². The van der Waals surface area contributed by atoms with E-state index in [1.54, 1.807) is 0 Å². The maximum absolute atomic E-state index is 5.61. The highest BCUT2D eigenvalue weighted by molar-refractivity contribution is 6.39. The van der Waals surface area contributed by atoms with E-state index < -0.39 is 0 Å². The SMILES string of the molecule is C=C(/N=C\C(Cl)=C/N)C(C)(C)C. The van der Waals surface area contributed by atoms with Crippen LogP contribution in [0.1, 0.15) is 20.8 Å². The number of aliphatic imine (C=N–C) groups is 1. The molecule has 3 heteroatoms. The molecule has 0 spiro atoms. The monoisotopic (exact) mass is 186 g/mol. The molecule has 0 aromatic heterocycles. The molecule has 2 N–H and O–H groups in total. The zero-order valence-corrected chi connectivity index (χ0v) is 8.52. The van der Waals surface area contributed by atoms with Gasteiger partial charge in [0.25, 0.3) is 0 Å². The van der Waals surface area contributed by atoms with Gasteiger partial charge in [-0.15, -0.1) is 0 Å². The second kappa shape index (κ2) is 4.31. The topological polar surface area (TPSA) is 38.4 Å². The van der Waals surface area contributed by atoms with E-state index in [0.717, 1.165) is 5.70 Å². The van der Waals surface area contributed by atoms with Gasteiger partial charge in [-0.3, -0.25) is 4.99 Å². The molecule has 0 heterocycles. The Morgan fingerprint density at radius 2 is 2.00 bits per heavy atom. The van der Waals surface area contributed by atoms with Crippen LogP contribution in [0, 0.1) is 5.41 Å². The fourth-order valence-corrected chi connectivity index (χ4v) is 0.425. The maximum Gasteiger partial charge on any atom is 0.0743 e. The van der Waals surface area contributed by atoms with E-state index in [1.807, 2.05) is 20.8 Å². The zero-order chi connectivity index (χ0) is 9.78. The molecular weight excluding hydrogens is 172 g/mol. The summed E-state index contributed by atoms with van der Waals surface area (Å²) >= 11 is 5.61. The van der Waals surface area contributed by atoms with Crippen LogP contribution in [-0.2, 0) is 0 Å². The van der Waals surface area contributed by atoms with Gasteiger partial charge in [0.05, 0.1) is 5.03 Å². The van der Waals surface area contributed by atoms with E-state index in [9.17, 15) is 0 Å². The first-order chi connectivity index (χ1) is 5.38. The lowest BCUT2D eigenvalue weighted by Gasteiger charge is -2.17. The quantitative estimate of drug-likeness (QED) is 0.662. The molecule has 0 saturated carbocycles. The summed E-state index contributed by atoms with van der Waals surface area (Å²) in [5.74, 6) is 0. The smallest absolute Gasteiger partial charge is 0.0743 e. The second-order valence-electron chi connectivity index (χ2n) is 3.51. The molecule has 0 aliphatic rings. The fraction of sp³-hybridized carbons (Fsp3) is 0.444. The number of hydrogen-bond donors (Lipinski definition) is 1. The summed E-state index contributed by atoms with van der Waals surface area (Å²) < 4.78 is 0. The van der Waals surface area contributed by atoms with Crippen molar-refractivity contribution < 1.29 is 0 Å². The Bertz CT molecular complexity index is 221. The number of hydrogen-bond acceptors (Lipinski definition) is 2. The van der Waals surface area contributed by atoms with Crippen LogP contribution in [0.15, 0.2) is 28.5 Å². The molecular formula is C9H15ClN2. The van der Waals surface area contributed by atoms with Crippen molar-refractivity contribution in [3.63, 3.8) is 0 Å². The summed E-state index contributed by atoms with van der Waals surface area (Å²) in [5, 5.41) is 0.417. The van der Waals surface area contributed by atoms with Gasteiger partial charge in [-0.1, -0.05) is 39.0 Å². The second-order valence-corrected chi connectivity index (χ2v) is 3.94. The minimum absolute atomic E-state index is 0.0255. The molecule has 0 radical (unpaired) electrons. The standard InChI is InChI=1S/C9H15ClN2/c1-7(9(2,3)4)12-6-8(10)5-11/h5-6H,1,11H2,2-4H3/b8-5+,12-6-. The first-order valence-electron chi connectivity index (χ1n) is 3.69. The van der Waals surface area contributed by atoms with Gasteiger partial charge < -0.3 is 5.73 Å². The summed E-state index contributed by atoms with van der Waals surface area (Å²) in [6.45, 7) is 9.91. The number of nitrogens with two attached hydrogens (primary N) is 1. The molecule has 2 nitrogen and oxygen atoms in total. The van der Waals surface area contributed by atoms with Crippen LogP contribution in [0.3, 0.4) is 0 Å². The van der Waals surface area contributed by atoms with Gasteiger partial charge in [0.15, 0.2) is 0 Å². The summed E-state index contributed by atoms with van der Waals surface area (Å²) in [4.78, 5) is 4.07. The molecule has 0 atom stereocenters. The molecule has 0 aromatic rings. The first-order valence-corrected chi connectivity index (χ1v) is 4.06. The highest BCUT2D eigenvalue weighted by atomic mass is 35.5. The maximum atomic E-state index is 5.61. The highest BCUT2D eigenvalue weighted by Gasteiger charge is 2.13. The van der Waals surface area contributed by atoms with Crippen molar-refractivity contribution in [2.45, 2.75) is 20.8 Å². The van der Waals surface area contributed by atoms with Crippen molar-refractivity contribution in [2.24, 2.45) is 16.1 Å². The lowest BCUT2D eigenvalue weighted by atomic mass is 9.93. The Hall–Kier alpha value is -0.760. The number of allylic oxidation sites excluding steroid dienone is 2. The fourth-order valence-electron chi connectivity index (χ4n) is 0.376. The molecule has 0 aromatic carbocycles. The Balaban J connectivity index is 4.29. The van der Waals surface area contributed by atoms with Gasteiger partial charge >= 0.3 is 0 Å². The Morgan fingerprint density at radius 1 is 1.50 bits per heavy atom. The third kappa shape index (κ3) is 4.19. The molecule has 0 bridgehead atoms. The molecule has 0 amide bonds. The van der Waals surface area contributed by atoms with Crippen molar-refractivity contribution in [1.29, 1.82) is 0 Å². The van der Waals surface area contributed by atoms with Crippen molar-refractivity contribution in [3.05, 3.63) is 23.5 Å². The van der Waals surface area contributed by atoms with E-state index in [4.69, 9.17) is 17.3 Å². The van der Waals surface area contributed by atoms with Crippen molar-refractivity contribution >= 4 is 17.8 Å². The lowest BCUT2D eigenvalue weighted by molar-refractivity contribution is 0.501. The van der Waals surface area contributed by atoms with Gasteiger partial charge in [0.1, 0.15) is 0 Å². The van der Waals surface area contributed by atoms with Gasteiger partial charge in [-0.25, -0.2) is 0 Å². The number of rotatable bonds is 2. The van der Waals surface area contributed by atoms with Crippen LogP contribution in [0.5, 0.6) is 0 Å². The average molecular weight is 187 g/mol. The first kappa shape index (κ1) is 11.2. The lowest BCUT2D eigenvalue weighted by Crippen LogP contribution is -2.06. The van der Waals surface area contributed by atoms with Crippen LogP contribution < -0.4 is 5.73 Å².